The summed E-state index contributed by atoms with van der Waals surface area (Å²) in [5.41, 5.74) is -1.85. The van der Waals surface area contributed by atoms with Gasteiger partial charge in [-0.3, -0.25) is 0 Å². The highest BCUT2D eigenvalue weighted by Gasteiger charge is 2.38. The minimum atomic E-state index is -4.24. The Bertz CT molecular complexity index is 818. The van der Waals surface area contributed by atoms with Crippen LogP contribution < -0.4 is 4.72 Å². The second-order valence-corrected chi connectivity index (χ2v) is 10.6. The first kappa shape index (κ1) is 19.8. The summed E-state index contributed by atoms with van der Waals surface area (Å²) in [5, 5.41) is 0. The van der Waals surface area contributed by atoms with Crippen LogP contribution in [0.4, 0.5) is 4.39 Å². The smallest absolute Gasteiger partial charge is 0.225 e. The lowest BCUT2D eigenvalue weighted by molar-refractivity contribution is 0.354. The van der Waals surface area contributed by atoms with Crippen molar-refractivity contribution in [3.8, 4) is 0 Å². The average Bonchev–Trinajstić information content (AvgIpc) is 2.59. The van der Waals surface area contributed by atoms with E-state index in [0.717, 1.165) is 0 Å². The summed E-state index contributed by atoms with van der Waals surface area (Å²) < 4.78 is 55.0. The second kappa shape index (κ2) is 7.76. The van der Waals surface area contributed by atoms with E-state index in [2.05, 4.69) is 4.72 Å². The summed E-state index contributed by atoms with van der Waals surface area (Å²) >= 11 is 0. The van der Waals surface area contributed by atoms with Gasteiger partial charge in [-0.05, 0) is 38.5 Å². The maximum absolute atomic E-state index is 15.2. The molecular weight excluding hydrogens is 361 g/mol. The van der Waals surface area contributed by atoms with Crippen LogP contribution in [-0.4, -0.2) is 22.9 Å². The van der Waals surface area contributed by atoms with Crippen LogP contribution in [0.25, 0.3) is 0 Å². The van der Waals surface area contributed by atoms with E-state index in [1.54, 1.807) is 57.2 Å². The molecule has 0 saturated carbocycles. The molecule has 0 aliphatic heterocycles. The normalized spacial score (nSPS) is 16.2. The minimum absolute atomic E-state index is 0.105. The van der Waals surface area contributed by atoms with Crippen molar-refractivity contribution in [2.75, 3.05) is 0 Å². The zero-order valence-electron chi connectivity index (χ0n) is 14.3. The van der Waals surface area contributed by atoms with Crippen LogP contribution in [0.3, 0.4) is 0 Å². The van der Waals surface area contributed by atoms with Crippen LogP contribution in [0.5, 0.6) is 0 Å². The molecule has 0 bridgehead atoms. The van der Waals surface area contributed by atoms with Crippen LogP contribution in [0.15, 0.2) is 65.6 Å². The first-order chi connectivity index (χ1) is 11.6. The van der Waals surface area contributed by atoms with Crippen molar-refractivity contribution in [2.45, 2.75) is 42.0 Å². The predicted octanol–water partition coefficient (Wildman–Crippen LogP) is 3.55. The Morgan fingerprint density at radius 1 is 0.960 bits per heavy atom. The molecule has 0 radical (unpaired) electrons. The Labute approximate surface area is 151 Å². The molecule has 3 atom stereocenters. The summed E-state index contributed by atoms with van der Waals surface area (Å²) in [7, 11) is -5.88. The molecule has 7 heteroatoms. The molecule has 1 unspecified atom stereocenters. The summed E-state index contributed by atoms with van der Waals surface area (Å²) in [6, 6.07) is 14.6. The largest absolute Gasteiger partial charge is 0.242 e. The molecule has 136 valence electrons. The van der Waals surface area contributed by atoms with Gasteiger partial charge >= 0.3 is 0 Å². The topological polar surface area (TPSA) is 63.2 Å². The number of hydrogen-bond acceptors (Lipinski definition) is 3. The van der Waals surface area contributed by atoms with Gasteiger partial charge in [0.2, 0.25) is 15.3 Å². The minimum Gasteiger partial charge on any atom is -0.242 e. The first-order valence-electron chi connectivity index (χ1n) is 7.80. The van der Waals surface area contributed by atoms with Crippen molar-refractivity contribution < 1.29 is 17.0 Å². The van der Waals surface area contributed by atoms with Gasteiger partial charge < -0.3 is 0 Å². The van der Waals surface area contributed by atoms with Crippen molar-refractivity contribution in [3.05, 3.63) is 66.2 Å². The number of benzene rings is 2. The first-order valence-corrected chi connectivity index (χ1v) is 10.5. The molecule has 2 rings (SSSR count). The molecule has 0 saturated heterocycles. The van der Waals surface area contributed by atoms with Gasteiger partial charge in [-0.15, -0.1) is 0 Å². The van der Waals surface area contributed by atoms with E-state index in [1.807, 2.05) is 0 Å². The number of halogens is 1. The van der Waals surface area contributed by atoms with Crippen LogP contribution in [0, 0.1) is 0 Å². The Kier molecular flexibility index (Phi) is 6.13. The summed E-state index contributed by atoms with van der Waals surface area (Å²) in [6.07, 6.45) is 0. The van der Waals surface area contributed by atoms with Crippen molar-refractivity contribution in [3.63, 3.8) is 0 Å². The second-order valence-electron chi connectivity index (χ2n) is 6.60. The molecule has 0 aliphatic carbocycles. The van der Waals surface area contributed by atoms with Gasteiger partial charge in [0.25, 0.3) is 0 Å². The molecular formula is C18H22FNO3S2. The maximum atomic E-state index is 15.2. The summed E-state index contributed by atoms with van der Waals surface area (Å²) in [4.78, 5) is -0.105. The lowest BCUT2D eigenvalue weighted by atomic mass is 10.1. The zero-order chi connectivity index (χ0) is 18.7. The van der Waals surface area contributed by atoms with E-state index in [4.69, 9.17) is 0 Å². The molecule has 2 aromatic rings. The summed E-state index contributed by atoms with van der Waals surface area (Å²) in [5.74, 6) is 0. The van der Waals surface area contributed by atoms with Gasteiger partial charge in [-0.25, -0.2) is 21.7 Å². The van der Waals surface area contributed by atoms with Gasteiger partial charge in [-0.1, -0.05) is 48.5 Å². The average molecular weight is 384 g/mol. The monoisotopic (exact) mass is 383 g/mol. The molecule has 0 amide bonds. The Balaban J connectivity index is 2.43. The van der Waals surface area contributed by atoms with E-state index < -0.39 is 37.1 Å². The lowest BCUT2D eigenvalue weighted by Gasteiger charge is -2.26. The van der Waals surface area contributed by atoms with E-state index in [-0.39, 0.29) is 4.90 Å². The Morgan fingerprint density at radius 3 is 1.92 bits per heavy atom. The van der Waals surface area contributed by atoms with Gasteiger partial charge in [0.05, 0.1) is 26.7 Å². The fourth-order valence-electron chi connectivity index (χ4n) is 2.14. The fraction of sp³-hybridized carbons (Fsp3) is 0.333. The van der Waals surface area contributed by atoms with Gasteiger partial charge in [-0.2, -0.15) is 0 Å². The van der Waals surface area contributed by atoms with Crippen LogP contribution >= 0.6 is 0 Å². The fourth-order valence-corrected chi connectivity index (χ4v) is 4.45. The van der Waals surface area contributed by atoms with Crippen molar-refractivity contribution in [1.29, 1.82) is 0 Å². The molecule has 4 nitrogen and oxygen atoms in total. The number of hydrogen-bond donors (Lipinski definition) is 1. The lowest BCUT2D eigenvalue weighted by Crippen LogP contribution is -2.41. The Hall–Kier alpha value is -1.57. The van der Waals surface area contributed by atoms with Gasteiger partial charge in [0.1, 0.15) is 0 Å². The SMILES string of the molecule is CC(C)(C)[S@@](=O)N[C@H](c1ccccc1)C(F)S(=O)(=O)c1ccccc1. The number of nitrogens with one attached hydrogen (secondary N) is 1. The number of sulfone groups is 1. The zero-order valence-corrected chi connectivity index (χ0v) is 16.0. The number of rotatable bonds is 6. The molecule has 0 aromatic heterocycles. The van der Waals surface area contributed by atoms with E-state index in [1.165, 1.54) is 24.3 Å². The van der Waals surface area contributed by atoms with Gasteiger partial charge in [0, 0.05) is 0 Å². The molecule has 1 N–H and O–H groups in total. The van der Waals surface area contributed by atoms with Crippen LogP contribution in [0.1, 0.15) is 32.4 Å². The van der Waals surface area contributed by atoms with Crippen LogP contribution in [-0.2, 0) is 20.8 Å². The molecule has 0 spiro atoms. The third-order valence-electron chi connectivity index (χ3n) is 3.58. The molecule has 0 heterocycles. The highest BCUT2D eigenvalue weighted by Crippen LogP contribution is 2.29. The summed E-state index contributed by atoms with van der Waals surface area (Å²) in [6.45, 7) is 5.20. The quantitative estimate of drug-likeness (QED) is 0.830. The Morgan fingerprint density at radius 2 is 1.44 bits per heavy atom. The standard InChI is InChI=1S/C18H22FNO3S2/c1-18(2,3)24(21)20-16(14-10-6-4-7-11-14)17(19)25(22,23)15-12-8-5-9-13-15/h4-13,16-17,20H,1-3H3/t16-,17?,24-/m1/s1. The van der Waals surface area contributed by atoms with Crippen molar-refractivity contribution in [1.82, 2.24) is 4.72 Å². The third-order valence-corrected chi connectivity index (χ3v) is 6.95. The van der Waals surface area contributed by atoms with Crippen molar-refractivity contribution >= 4 is 20.8 Å². The third kappa shape index (κ3) is 4.74. The molecule has 2 aromatic carbocycles. The van der Waals surface area contributed by atoms with Crippen molar-refractivity contribution in [2.24, 2.45) is 0 Å². The van der Waals surface area contributed by atoms with E-state index >= 15 is 4.39 Å². The van der Waals surface area contributed by atoms with Gasteiger partial charge in [0.15, 0.2) is 0 Å². The molecule has 25 heavy (non-hydrogen) atoms. The predicted molar refractivity (Wildman–Crippen MR) is 98.7 cm³/mol. The highest BCUT2D eigenvalue weighted by atomic mass is 32.2. The number of alkyl halides is 1. The van der Waals surface area contributed by atoms with E-state index in [0.29, 0.717) is 5.56 Å². The molecule has 0 aliphatic rings. The van der Waals surface area contributed by atoms with Crippen LogP contribution in [0.2, 0.25) is 0 Å². The highest BCUT2D eigenvalue weighted by molar-refractivity contribution is 7.92. The maximum Gasteiger partial charge on any atom is 0.225 e. The van der Waals surface area contributed by atoms with E-state index in [9.17, 15) is 12.6 Å². The molecule has 0 fully saturated rings.